The van der Waals surface area contributed by atoms with Gasteiger partial charge in [0.1, 0.15) is 11.5 Å². The zero-order valence-electron chi connectivity index (χ0n) is 16.8. The first-order valence-electron chi connectivity index (χ1n) is 9.70. The van der Waals surface area contributed by atoms with Crippen molar-refractivity contribution in [3.63, 3.8) is 0 Å². The largest absolute Gasteiger partial charge is 0.497 e. The van der Waals surface area contributed by atoms with Crippen molar-refractivity contribution in [2.45, 2.75) is 19.4 Å². The highest BCUT2D eigenvalue weighted by Gasteiger charge is 2.21. The maximum atomic E-state index is 12.6. The van der Waals surface area contributed by atoms with Crippen molar-refractivity contribution in [2.75, 3.05) is 33.9 Å². The third-order valence-electron chi connectivity index (χ3n) is 5.22. The fraction of sp³-hybridized carbons (Fsp3) is 0.348. The van der Waals surface area contributed by atoms with Crippen LogP contribution in [0.5, 0.6) is 11.5 Å². The Bertz CT molecular complexity index is 833. The molecule has 0 fully saturated rings. The molecule has 2 N–H and O–H groups in total. The Hall–Kier alpha value is -2.79. The van der Waals surface area contributed by atoms with Crippen LogP contribution in [0.3, 0.4) is 0 Å². The molecule has 2 aromatic carbocycles. The topological polar surface area (TPSA) is 52.0 Å². The molecule has 28 heavy (non-hydrogen) atoms. The first-order valence-corrected chi connectivity index (χ1v) is 9.70. The van der Waals surface area contributed by atoms with Crippen LogP contribution in [0.1, 0.15) is 30.5 Å². The Morgan fingerprint density at radius 1 is 1.14 bits per heavy atom. The van der Waals surface area contributed by atoms with E-state index in [1.54, 1.807) is 14.2 Å². The second kappa shape index (κ2) is 9.42. The molecular formula is C23H29N2O3+. The molecule has 1 amide bonds. The summed E-state index contributed by atoms with van der Waals surface area (Å²) in [7, 11) is 3.26. The molecule has 0 spiro atoms. The number of amides is 1. The molecule has 1 heterocycles. The van der Waals surface area contributed by atoms with Gasteiger partial charge in [-0.15, -0.1) is 0 Å². The maximum absolute atomic E-state index is 12.6. The predicted octanol–water partition coefficient (Wildman–Crippen LogP) is 2.25. The molecule has 1 aliphatic heterocycles. The lowest BCUT2D eigenvalue weighted by Gasteiger charge is -2.24. The van der Waals surface area contributed by atoms with Crippen LogP contribution in [-0.2, 0) is 4.79 Å². The summed E-state index contributed by atoms with van der Waals surface area (Å²) in [6, 6.07) is 15.9. The number of hydrogen-bond acceptors (Lipinski definition) is 3. The van der Waals surface area contributed by atoms with Crippen LogP contribution in [0.15, 0.2) is 54.6 Å². The second-order valence-electron chi connectivity index (χ2n) is 7.12. The standard InChI is InChI=1S/C23H28N2O3/c1-17(21-15-20(27-2)9-10-22(21)28-3)24-23(26)16-25-13-11-19(12-14-25)18-7-5-4-6-8-18/h4-11,15,17H,12-14,16H2,1-3H3,(H,24,26)/p+1/t17-/m0/s1. The maximum Gasteiger partial charge on any atom is 0.275 e. The van der Waals surface area contributed by atoms with Crippen LogP contribution < -0.4 is 19.7 Å². The number of carbonyl (C=O) groups is 1. The molecule has 0 saturated heterocycles. The smallest absolute Gasteiger partial charge is 0.275 e. The van der Waals surface area contributed by atoms with Crippen LogP contribution in [0.2, 0.25) is 0 Å². The summed E-state index contributed by atoms with van der Waals surface area (Å²) in [6.45, 7) is 4.27. The van der Waals surface area contributed by atoms with E-state index in [2.05, 4.69) is 35.7 Å². The summed E-state index contributed by atoms with van der Waals surface area (Å²) in [5.41, 5.74) is 3.57. The van der Waals surface area contributed by atoms with E-state index in [0.29, 0.717) is 6.54 Å². The normalized spacial score (nSPS) is 17.4. The van der Waals surface area contributed by atoms with E-state index in [1.807, 2.05) is 31.2 Å². The van der Waals surface area contributed by atoms with Crippen LogP contribution >= 0.6 is 0 Å². The number of hydrogen-bond donors (Lipinski definition) is 2. The zero-order chi connectivity index (χ0) is 19.9. The van der Waals surface area contributed by atoms with Crippen LogP contribution in [0.25, 0.3) is 5.57 Å². The number of nitrogens with one attached hydrogen (secondary N) is 2. The van der Waals surface area contributed by atoms with E-state index in [1.165, 1.54) is 16.0 Å². The van der Waals surface area contributed by atoms with Gasteiger partial charge in [-0.1, -0.05) is 30.3 Å². The van der Waals surface area contributed by atoms with Crippen LogP contribution in [0.4, 0.5) is 0 Å². The molecule has 0 bridgehead atoms. The third kappa shape index (κ3) is 4.93. The number of methoxy groups -OCH3 is 2. The monoisotopic (exact) mass is 381 g/mol. The van der Waals surface area contributed by atoms with Gasteiger partial charge >= 0.3 is 0 Å². The van der Waals surface area contributed by atoms with E-state index < -0.39 is 0 Å². The first-order chi connectivity index (χ1) is 13.6. The van der Waals surface area contributed by atoms with Crippen LogP contribution in [-0.4, -0.2) is 39.8 Å². The van der Waals surface area contributed by atoms with E-state index in [0.717, 1.165) is 36.6 Å². The van der Waals surface area contributed by atoms with Gasteiger partial charge in [0.2, 0.25) is 0 Å². The average molecular weight is 381 g/mol. The van der Waals surface area contributed by atoms with Gasteiger partial charge in [-0.05, 0) is 42.3 Å². The minimum Gasteiger partial charge on any atom is -0.497 e. The molecule has 0 saturated carbocycles. The molecule has 0 aromatic heterocycles. The number of quaternary nitrogens is 1. The van der Waals surface area contributed by atoms with Gasteiger partial charge in [0.15, 0.2) is 6.54 Å². The molecule has 2 aromatic rings. The van der Waals surface area contributed by atoms with Crippen molar-refractivity contribution in [2.24, 2.45) is 0 Å². The molecule has 5 nitrogen and oxygen atoms in total. The van der Waals surface area contributed by atoms with Gasteiger partial charge in [-0.2, -0.15) is 0 Å². The van der Waals surface area contributed by atoms with E-state index in [4.69, 9.17) is 9.47 Å². The SMILES string of the molecule is COc1ccc(OC)c([C@H](C)NC(=O)C[NH+]2CC=C(c3ccccc3)CC2)c1. The summed E-state index contributed by atoms with van der Waals surface area (Å²) in [6.07, 6.45) is 3.25. The van der Waals surface area contributed by atoms with Gasteiger partial charge in [-0.25, -0.2) is 0 Å². The average Bonchev–Trinajstić information content (AvgIpc) is 2.74. The van der Waals surface area contributed by atoms with Gasteiger partial charge in [0, 0.05) is 12.0 Å². The highest BCUT2D eigenvalue weighted by molar-refractivity contribution is 5.77. The Balaban J connectivity index is 1.57. The molecule has 5 heteroatoms. The van der Waals surface area contributed by atoms with Crippen molar-refractivity contribution in [3.8, 4) is 11.5 Å². The fourth-order valence-electron chi connectivity index (χ4n) is 3.63. The van der Waals surface area contributed by atoms with Gasteiger partial charge in [-0.3, -0.25) is 4.79 Å². The number of rotatable bonds is 7. The van der Waals surface area contributed by atoms with Crippen LogP contribution in [0, 0.1) is 0 Å². The van der Waals surface area contributed by atoms with Crippen molar-refractivity contribution >= 4 is 11.5 Å². The van der Waals surface area contributed by atoms with Crippen molar-refractivity contribution in [1.29, 1.82) is 0 Å². The Kier molecular flexibility index (Phi) is 6.71. The summed E-state index contributed by atoms with van der Waals surface area (Å²) >= 11 is 0. The minimum atomic E-state index is -0.155. The molecule has 2 atom stereocenters. The minimum absolute atomic E-state index is 0.0453. The lowest BCUT2D eigenvalue weighted by molar-refractivity contribution is -0.886. The van der Waals surface area contributed by atoms with E-state index in [9.17, 15) is 4.79 Å². The van der Waals surface area contributed by atoms with Crippen molar-refractivity contribution < 1.29 is 19.2 Å². The second-order valence-corrected chi connectivity index (χ2v) is 7.12. The molecule has 148 valence electrons. The quantitative estimate of drug-likeness (QED) is 0.774. The van der Waals surface area contributed by atoms with E-state index >= 15 is 0 Å². The molecule has 0 radical (unpaired) electrons. The lowest BCUT2D eigenvalue weighted by atomic mass is 9.99. The Labute approximate surface area is 167 Å². The molecular weight excluding hydrogens is 352 g/mol. The number of ether oxygens (including phenoxy) is 2. The third-order valence-corrected chi connectivity index (χ3v) is 5.22. The van der Waals surface area contributed by atoms with Gasteiger partial charge < -0.3 is 19.7 Å². The van der Waals surface area contributed by atoms with Crippen molar-refractivity contribution in [1.82, 2.24) is 5.32 Å². The van der Waals surface area contributed by atoms with Gasteiger partial charge in [0.05, 0.1) is 33.4 Å². The summed E-state index contributed by atoms with van der Waals surface area (Å²) in [4.78, 5) is 13.9. The zero-order valence-corrected chi connectivity index (χ0v) is 16.8. The van der Waals surface area contributed by atoms with Crippen molar-refractivity contribution in [3.05, 3.63) is 65.7 Å². The first kappa shape index (κ1) is 20.0. The fourth-order valence-corrected chi connectivity index (χ4v) is 3.63. The molecule has 1 aliphatic rings. The number of benzene rings is 2. The summed E-state index contributed by atoms with van der Waals surface area (Å²) < 4.78 is 10.7. The van der Waals surface area contributed by atoms with Gasteiger partial charge in [0.25, 0.3) is 5.91 Å². The predicted molar refractivity (Wildman–Crippen MR) is 111 cm³/mol. The lowest BCUT2D eigenvalue weighted by Crippen LogP contribution is -3.13. The number of carbonyl (C=O) groups excluding carboxylic acids is 1. The summed E-state index contributed by atoms with van der Waals surface area (Å²) in [5, 5.41) is 3.10. The van der Waals surface area contributed by atoms with E-state index in [-0.39, 0.29) is 11.9 Å². The molecule has 3 rings (SSSR count). The Morgan fingerprint density at radius 3 is 2.57 bits per heavy atom. The Morgan fingerprint density at radius 2 is 1.93 bits per heavy atom. The summed E-state index contributed by atoms with van der Waals surface area (Å²) in [5.74, 6) is 1.54. The molecule has 1 unspecified atom stereocenters. The highest BCUT2D eigenvalue weighted by Crippen LogP contribution is 2.29. The highest BCUT2D eigenvalue weighted by atomic mass is 16.5. The molecule has 0 aliphatic carbocycles.